The maximum absolute atomic E-state index is 12.2. The third kappa shape index (κ3) is 4.05. The van der Waals surface area contributed by atoms with E-state index >= 15 is 0 Å². The summed E-state index contributed by atoms with van der Waals surface area (Å²) < 4.78 is 5.17. The van der Waals surface area contributed by atoms with Crippen molar-refractivity contribution >= 4 is 5.91 Å². The van der Waals surface area contributed by atoms with Crippen molar-refractivity contribution in [2.24, 2.45) is 0 Å². The third-order valence-electron chi connectivity index (χ3n) is 3.28. The molecule has 0 radical (unpaired) electrons. The van der Waals surface area contributed by atoms with E-state index in [1.807, 2.05) is 30.3 Å². The summed E-state index contributed by atoms with van der Waals surface area (Å²) >= 11 is 0. The Morgan fingerprint density at radius 2 is 2.10 bits per heavy atom. The van der Waals surface area contributed by atoms with E-state index in [1.165, 1.54) is 0 Å². The Labute approximate surface area is 125 Å². The number of rotatable bonds is 5. The molecule has 1 N–H and O–H groups in total. The summed E-state index contributed by atoms with van der Waals surface area (Å²) in [6, 6.07) is 9.52. The van der Waals surface area contributed by atoms with Crippen LogP contribution in [0.3, 0.4) is 0 Å². The van der Waals surface area contributed by atoms with E-state index in [9.17, 15) is 4.79 Å². The molecular formula is C17H20N2O2. The van der Waals surface area contributed by atoms with E-state index < -0.39 is 0 Å². The van der Waals surface area contributed by atoms with Crippen LogP contribution in [0, 0.1) is 0 Å². The Hall–Kier alpha value is -2.36. The van der Waals surface area contributed by atoms with E-state index in [-0.39, 0.29) is 5.91 Å². The van der Waals surface area contributed by atoms with Crippen LogP contribution >= 0.6 is 0 Å². The quantitative estimate of drug-likeness (QED) is 0.917. The van der Waals surface area contributed by atoms with Crippen molar-refractivity contribution in [3.05, 3.63) is 59.4 Å². The first kappa shape index (κ1) is 15.0. The minimum Gasteiger partial charge on any atom is -0.497 e. The lowest BCUT2D eigenvalue weighted by Gasteiger charge is -2.09. The summed E-state index contributed by atoms with van der Waals surface area (Å²) in [4.78, 5) is 16.3. The molecule has 0 aliphatic heterocycles. The molecule has 0 atom stereocenters. The average molecular weight is 284 g/mol. The van der Waals surface area contributed by atoms with Crippen LogP contribution in [0.15, 0.2) is 42.7 Å². The van der Waals surface area contributed by atoms with Crippen molar-refractivity contribution in [3.8, 4) is 5.75 Å². The van der Waals surface area contributed by atoms with E-state index in [2.05, 4.69) is 24.1 Å². The second-order valence-electron chi connectivity index (χ2n) is 5.20. The molecule has 21 heavy (non-hydrogen) atoms. The molecule has 0 aliphatic carbocycles. The molecule has 1 amide bonds. The number of hydrogen-bond donors (Lipinski definition) is 1. The maximum Gasteiger partial charge on any atom is 0.253 e. The fourth-order valence-corrected chi connectivity index (χ4v) is 1.96. The van der Waals surface area contributed by atoms with Gasteiger partial charge in [-0.3, -0.25) is 9.78 Å². The van der Waals surface area contributed by atoms with Crippen molar-refractivity contribution in [2.75, 3.05) is 7.11 Å². The largest absolute Gasteiger partial charge is 0.497 e. The Balaban J connectivity index is 2.02. The molecule has 1 heterocycles. The minimum atomic E-state index is -0.118. The molecule has 110 valence electrons. The molecule has 1 aromatic heterocycles. The van der Waals surface area contributed by atoms with E-state index in [0.717, 1.165) is 16.9 Å². The number of carbonyl (C=O) groups excluding carboxylic acids is 1. The highest BCUT2D eigenvalue weighted by atomic mass is 16.5. The lowest BCUT2D eigenvalue weighted by atomic mass is 10.0. The lowest BCUT2D eigenvalue weighted by molar-refractivity contribution is 0.0950. The molecule has 4 nitrogen and oxygen atoms in total. The number of nitrogens with zero attached hydrogens (tertiary/aromatic N) is 1. The average Bonchev–Trinajstić information content (AvgIpc) is 2.53. The second kappa shape index (κ2) is 6.88. The van der Waals surface area contributed by atoms with Crippen LogP contribution in [0.1, 0.15) is 41.3 Å². The summed E-state index contributed by atoms with van der Waals surface area (Å²) in [5.74, 6) is 1.02. The van der Waals surface area contributed by atoms with Crippen molar-refractivity contribution in [1.82, 2.24) is 10.3 Å². The predicted octanol–water partition coefficient (Wildman–Crippen LogP) is 3.14. The van der Waals surface area contributed by atoms with Gasteiger partial charge in [0.05, 0.1) is 12.7 Å². The highest BCUT2D eigenvalue weighted by Crippen LogP contribution is 2.15. The Kier molecular flexibility index (Phi) is 4.93. The van der Waals surface area contributed by atoms with Gasteiger partial charge >= 0.3 is 0 Å². The molecule has 0 spiro atoms. The summed E-state index contributed by atoms with van der Waals surface area (Å²) in [6.45, 7) is 4.62. The molecule has 2 aromatic rings. The number of nitrogens with one attached hydrogen (secondary N) is 1. The Morgan fingerprint density at radius 1 is 1.29 bits per heavy atom. The number of benzene rings is 1. The van der Waals surface area contributed by atoms with Crippen LogP contribution in [0.25, 0.3) is 0 Å². The van der Waals surface area contributed by atoms with Crippen molar-refractivity contribution in [3.63, 3.8) is 0 Å². The Bertz CT molecular complexity index is 624. The number of amides is 1. The standard InChI is InChI=1S/C17H20N2O2/c1-12(2)14-8-15(11-18-10-14)17(20)19-9-13-5-4-6-16(7-13)21-3/h4-8,10-12H,9H2,1-3H3,(H,19,20). The highest BCUT2D eigenvalue weighted by Gasteiger charge is 2.08. The van der Waals surface area contributed by atoms with Gasteiger partial charge in [-0.1, -0.05) is 26.0 Å². The second-order valence-corrected chi connectivity index (χ2v) is 5.20. The number of hydrogen-bond acceptors (Lipinski definition) is 3. The predicted molar refractivity (Wildman–Crippen MR) is 82.5 cm³/mol. The van der Waals surface area contributed by atoms with Crippen LogP contribution in [0.4, 0.5) is 0 Å². The number of methoxy groups -OCH3 is 1. The van der Waals surface area contributed by atoms with Gasteiger partial charge in [-0.25, -0.2) is 0 Å². The van der Waals surface area contributed by atoms with Gasteiger partial charge < -0.3 is 10.1 Å². The normalized spacial score (nSPS) is 10.5. The SMILES string of the molecule is COc1cccc(CNC(=O)c2cncc(C(C)C)c2)c1. The molecule has 0 bridgehead atoms. The van der Waals surface area contributed by atoms with E-state index in [4.69, 9.17) is 4.74 Å². The van der Waals surface area contributed by atoms with Gasteiger partial charge in [0.15, 0.2) is 0 Å². The molecular weight excluding hydrogens is 264 g/mol. The molecule has 0 unspecified atom stereocenters. The maximum atomic E-state index is 12.2. The molecule has 0 aliphatic rings. The number of carbonyl (C=O) groups is 1. The number of aromatic nitrogens is 1. The first-order valence-corrected chi connectivity index (χ1v) is 6.96. The highest BCUT2D eigenvalue weighted by molar-refractivity contribution is 5.94. The summed E-state index contributed by atoms with van der Waals surface area (Å²) in [5, 5.41) is 2.90. The topological polar surface area (TPSA) is 51.2 Å². The van der Waals surface area contributed by atoms with Gasteiger partial charge in [0.1, 0.15) is 5.75 Å². The smallest absolute Gasteiger partial charge is 0.253 e. The third-order valence-corrected chi connectivity index (χ3v) is 3.28. The van der Waals surface area contributed by atoms with Gasteiger partial charge in [-0.15, -0.1) is 0 Å². The minimum absolute atomic E-state index is 0.118. The molecule has 2 rings (SSSR count). The van der Waals surface area contributed by atoms with Crippen LogP contribution in [0.2, 0.25) is 0 Å². The van der Waals surface area contributed by atoms with Crippen molar-refractivity contribution in [1.29, 1.82) is 0 Å². The zero-order chi connectivity index (χ0) is 15.2. The summed E-state index contributed by atoms with van der Waals surface area (Å²) in [5.41, 5.74) is 2.64. The monoisotopic (exact) mass is 284 g/mol. The van der Waals surface area contributed by atoms with Crippen LogP contribution in [-0.2, 0) is 6.54 Å². The van der Waals surface area contributed by atoms with Gasteiger partial charge in [-0.05, 0) is 35.2 Å². The number of pyridine rings is 1. The van der Waals surface area contributed by atoms with Crippen LogP contribution in [-0.4, -0.2) is 18.0 Å². The van der Waals surface area contributed by atoms with Crippen molar-refractivity contribution < 1.29 is 9.53 Å². The summed E-state index contributed by atoms with van der Waals surface area (Å²) in [7, 11) is 1.63. The summed E-state index contributed by atoms with van der Waals surface area (Å²) in [6.07, 6.45) is 3.39. The molecule has 4 heteroatoms. The van der Waals surface area contributed by atoms with Crippen molar-refractivity contribution in [2.45, 2.75) is 26.3 Å². The Morgan fingerprint density at radius 3 is 2.81 bits per heavy atom. The van der Waals surface area contributed by atoms with Crippen LogP contribution in [0.5, 0.6) is 5.75 Å². The molecule has 0 saturated carbocycles. The van der Waals surface area contributed by atoms with Gasteiger partial charge in [0, 0.05) is 18.9 Å². The van der Waals surface area contributed by atoms with E-state index in [0.29, 0.717) is 18.0 Å². The number of ether oxygens (including phenoxy) is 1. The molecule has 0 fully saturated rings. The zero-order valence-electron chi connectivity index (χ0n) is 12.6. The van der Waals surface area contributed by atoms with Gasteiger partial charge in [0.2, 0.25) is 0 Å². The first-order chi connectivity index (χ1) is 10.1. The zero-order valence-corrected chi connectivity index (χ0v) is 12.6. The lowest BCUT2D eigenvalue weighted by Crippen LogP contribution is -2.23. The van der Waals surface area contributed by atoms with E-state index in [1.54, 1.807) is 19.5 Å². The van der Waals surface area contributed by atoms with Gasteiger partial charge in [-0.2, -0.15) is 0 Å². The first-order valence-electron chi connectivity index (χ1n) is 6.96. The van der Waals surface area contributed by atoms with Crippen LogP contribution < -0.4 is 10.1 Å². The van der Waals surface area contributed by atoms with Gasteiger partial charge in [0.25, 0.3) is 5.91 Å². The molecule has 0 saturated heterocycles. The fraction of sp³-hybridized carbons (Fsp3) is 0.294. The fourth-order valence-electron chi connectivity index (χ4n) is 1.96. The molecule has 1 aromatic carbocycles.